The van der Waals surface area contributed by atoms with Crippen molar-refractivity contribution in [2.45, 2.75) is 41.0 Å². The second-order valence-corrected chi connectivity index (χ2v) is 3.89. The lowest BCUT2D eigenvalue weighted by atomic mass is 9.99. The first-order chi connectivity index (χ1) is 5.57. The predicted molar refractivity (Wildman–Crippen MR) is 57.2 cm³/mol. The van der Waals surface area contributed by atoms with Gasteiger partial charge in [0, 0.05) is 0 Å². The van der Waals surface area contributed by atoms with E-state index in [1.165, 1.54) is 5.57 Å². The Balaban J connectivity index is 3.90. The molecule has 0 aliphatic carbocycles. The third-order valence-electron chi connectivity index (χ3n) is 1.99. The van der Waals surface area contributed by atoms with Crippen LogP contribution in [0.25, 0.3) is 0 Å². The smallest absolute Gasteiger partial charge is 0.0136 e. The summed E-state index contributed by atoms with van der Waals surface area (Å²) in [5, 5.41) is 0. The van der Waals surface area contributed by atoms with Crippen LogP contribution in [0.1, 0.15) is 41.0 Å². The van der Waals surface area contributed by atoms with E-state index in [9.17, 15) is 0 Å². The van der Waals surface area contributed by atoms with Gasteiger partial charge in [0.2, 0.25) is 0 Å². The van der Waals surface area contributed by atoms with Crippen molar-refractivity contribution in [3.63, 3.8) is 0 Å². The molecule has 0 atom stereocenters. The Bertz CT molecular complexity index is 159. The minimum absolute atomic E-state index is 0.676. The molecule has 0 spiro atoms. The standard InChI is InChI=1S/C12H22/c1-6-12(11(4)5)9-7-8-10(2)3/h6-8,10-11H,9H2,1-5H3. The van der Waals surface area contributed by atoms with E-state index >= 15 is 0 Å². The summed E-state index contributed by atoms with van der Waals surface area (Å²) in [6.45, 7) is 11.0. The van der Waals surface area contributed by atoms with Gasteiger partial charge in [0.05, 0.1) is 0 Å². The third kappa shape index (κ3) is 5.17. The first-order valence-electron chi connectivity index (χ1n) is 4.89. The Morgan fingerprint density at radius 2 is 1.75 bits per heavy atom. The van der Waals surface area contributed by atoms with Gasteiger partial charge in [-0.1, -0.05) is 51.5 Å². The molecule has 0 heteroatoms. The van der Waals surface area contributed by atoms with Crippen molar-refractivity contribution in [2.75, 3.05) is 0 Å². The second kappa shape index (κ2) is 6.05. The molecule has 0 unspecified atom stereocenters. The van der Waals surface area contributed by atoms with Gasteiger partial charge in [-0.3, -0.25) is 0 Å². The molecule has 0 saturated heterocycles. The fraction of sp³-hybridized carbons (Fsp3) is 0.667. The highest BCUT2D eigenvalue weighted by Crippen LogP contribution is 2.14. The van der Waals surface area contributed by atoms with Crippen molar-refractivity contribution in [3.05, 3.63) is 23.8 Å². The van der Waals surface area contributed by atoms with Crippen LogP contribution < -0.4 is 0 Å². The van der Waals surface area contributed by atoms with Gasteiger partial charge in [-0.25, -0.2) is 0 Å². The van der Waals surface area contributed by atoms with Crippen LogP contribution in [-0.4, -0.2) is 0 Å². The zero-order chi connectivity index (χ0) is 9.56. The third-order valence-corrected chi connectivity index (χ3v) is 1.99. The summed E-state index contributed by atoms with van der Waals surface area (Å²) in [5.41, 5.74) is 1.53. The molecule has 0 bridgehead atoms. The Morgan fingerprint density at radius 1 is 1.17 bits per heavy atom. The van der Waals surface area contributed by atoms with Gasteiger partial charge in [0.25, 0.3) is 0 Å². The van der Waals surface area contributed by atoms with Crippen molar-refractivity contribution < 1.29 is 0 Å². The van der Waals surface area contributed by atoms with E-state index in [0.717, 1.165) is 6.42 Å². The fourth-order valence-corrected chi connectivity index (χ4v) is 1.16. The summed E-state index contributed by atoms with van der Waals surface area (Å²) < 4.78 is 0. The summed E-state index contributed by atoms with van der Waals surface area (Å²) in [5.74, 6) is 1.36. The van der Waals surface area contributed by atoms with Crippen LogP contribution in [0, 0.1) is 11.8 Å². The van der Waals surface area contributed by atoms with Crippen LogP contribution >= 0.6 is 0 Å². The zero-order valence-corrected chi connectivity index (χ0v) is 9.09. The molecule has 0 aromatic rings. The second-order valence-electron chi connectivity index (χ2n) is 3.89. The number of rotatable bonds is 4. The molecule has 0 fully saturated rings. The lowest BCUT2D eigenvalue weighted by Gasteiger charge is -2.07. The average Bonchev–Trinajstić information content (AvgIpc) is 1.96. The first kappa shape index (κ1) is 11.5. The molecule has 0 amide bonds. The van der Waals surface area contributed by atoms with E-state index < -0.39 is 0 Å². The van der Waals surface area contributed by atoms with Crippen molar-refractivity contribution in [1.82, 2.24) is 0 Å². The SMILES string of the molecule is CC=C(CC=CC(C)C)C(C)C. The minimum atomic E-state index is 0.676. The van der Waals surface area contributed by atoms with E-state index in [1.54, 1.807) is 0 Å². The molecule has 0 N–H and O–H groups in total. The van der Waals surface area contributed by atoms with Crippen molar-refractivity contribution in [1.29, 1.82) is 0 Å². The normalized spacial score (nSPS) is 13.8. The van der Waals surface area contributed by atoms with Crippen LogP contribution in [0.15, 0.2) is 23.8 Å². The van der Waals surface area contributed by atoms with Gasteiger partial charge in [0.1, 0.15) is 0 Å². The molecule has 12 heavy (non-hydrogen) atoms. The Hall–Kier alpha value is -0.520. The number of hydrogen-bond acceptors (Lipinski definition) is 0. The van der Waals surface area contributed by atoms with E-state index in [0.29, 0.717) is 11.8 Å². The average molecular weight is 166 g/mol. The minimum Gasteiger partial charge on any atom is -0.0879 e. The lowest BCUT2D eigenvalue weighted by molar-refractivity contribution is 0.741. The van der Waals surface area contributed by atoms with E-state index in [2.05, 4.69) is 52.8 Å². The van der Waals surface area contributed by atoms with Crippen LogP contribution in [0.4, 0.5) is 0 Å². The largest absolute Gasteiger partial charge is 0.0879 e. The van der Waals surface area contributed by atoms with E-state index in [4.69, 9.17) is 0 Å². The van der Waals surface area contributed by atoms with Crippen molar-refractivity contribution in [2.24, 2.45) is 11.8 Å². The van der Waals surface area contributed by atoms with Gasteiger partial charge in [-0.2, -0.15) is 0 Å². The van der Waals surface area contributed by atoms with Gasteiger partial charge < -0.3 is 0 Å². The predicted octanol–water partition coefficient (Wildman–Crippen LogP) is 4.19. The highest BCUT2D eigenvalue weighted by Gasteiger charge is 1.98. The number of hydrogen-bond donors (Lipinski definition) is 0. The summed E-state index contributed by atoms with van der Waals surface area (Å²) in [4.78, 5) is 0. The molecule has 0 aromatic carbocycles. The highest BCUT2D eigenvalue weighted by molar-refractivity contribution is 5.08. The molecule has 0 aliphatic heterocycles. The topological polar surface area (TPSA) is 0 Å². The van der Waals surface area contributed by atoms with E-state index in [-0.39, 0.29) is 0 Å². The van der Waals surface area contributed by atoms with Crippen molar-refractivity contribution in [3.8, 4) is 0 Å². The van der Waals surface area contributed by atoms with Crippen LogP contribution in [-0.2, 0) is 0 Å². The molecule has 0 aliphatic rings. The summed E-state index contributed by atoms with van der Waals surface area (Å²) in [6, 6.07) is 0. The first-order valence-corrected chi connectivity index (χ1v) is 4.89. The van der Waals surface area contributed by atoms with Gasteiger partial charge in [0.15, 0.2) is 0 Å². The van der Waals surface area contributed by atoms with Crippen LogP contribution in [0.5, 0.6) is 0 Å². The highest BCUT2D eigenvalue weighted by atomic mass is 14.0. The maximum Gasteiger partial charge on any atom is -0.0136 e. The summed E-state index contributed by atoms with van der Waals surface area (Å²) >= 11 is 0. The van der Waals surface area contributed by atoms with Gasteiger partial charge in [-0.05, 0) is 25.2 Å². The van der Waals surface area contributed by atoms with E-state index in [1.807, 2.05) is 0 Å². The zero-order valence-electron chi connectivity index (χ0n) is 9.09. The van der Waals surface area contributed by atoms with Crippen LogP contribution in [0.3, 0.4) is 0 Å². The maximum absolute atomic E-state index is 2.28. The Kier molecular flexibility index (Phi) is 5.79. The van der Waals surface area contributed by atoms with Crippen LogP contribution in [0.2, 0.25) is 0 Å². The van der Waals surface area contributed by atoms with Gasteiger partial charge in [-0.15, -0.1) is 0 Å². The Labute approximate surface area is 77.4 Å². The molecule has 70 valence electrons. The fourth-order valence-electron chi connectivity index (χ4n) is 1.16. The molecule has 0 heterocycles. The monoisotopic (exact) mass is 166 g/mol. The number of allylic oxidation sites excluding steroid dienone is 4. The molecule has 0 aromatic heterocycles. The summed E-state index contributed by atoms with van der Waals surface area (Å²) in [7, 11) is 0. The molecular formula is C12H22. The maximum atomic E-state index is 2.28. The summed E-state index contributed by atoms with van der Waals surface area (Å²) in [6.07, 6.45) is 7.90. The molecule has 0 radical (unpaired) electrons. The lowest BCUT2D eigenvalue weighted by Crippen LogP contribution is -1.92. The molecular weight excluding hydrogens is 144 g/mol. The molecule has 0 saturated carbocycles. The van der Waals surface area contributed by atoms with Crippen molar-refractivity contribution >= 4 is 0 Å². The van der Waals surface area contributed by atoms with Gasteiger partial charge >= 0.3 is 0 Å². The quantitative estimate of drug-likeness (QED) is 0.549. The molecule has 0 rings (SSSR count). The Morgan fingerprint density at radius 3 is 2.08 bits per heavy atom. The molecule has 0 nitrogen and oxygen atoms in total.